The Morgan fingerprint density at radius 3 is 2.48 bits per heavy atom. The normalized spacial score (nSPS) is 17.8. The van der Waals surface area contributed by atoms with Crippen LogP contribution in [0.3, 0.4) is 0 Å². The fourth-order valence-electron chi connectivity index (χ4n) is 5.12. The zero-order valence-corrected chi connectivity index (χ0v) is 23.7. The van der Waals surface area contributed by atoms with Gasteiger partial charge in [0, 0.05) is 60.4 Å². The predicted molar refractivity (Wildman–Crippen MR) is 156 cm³/mol. The van der Waals surface area contributed by atoms with Crippen LogP contribution in [-0.4, -0.2) is 64.7 Å². The average molecular weight is 567 g/mol. The standard InChI is InChI=1S/C33H34N4O5/c1-24(41-31-4-2-3-19-40-31)32-34-15-16-37(32)23-29-22-30(42-35-29)27-11-7-25(8-12-27)5-6-26-9-13-28(14-10-26)33(38)36-17-20-39-21-18-36/h7-16,22,24,31H,2-4,17-21,23H2,1H3/t24-,31?/m0/s1. The fourth-order valence-corrected chi connectivity index (χ4v) is 5.12. The second kappa shape index (κ2) is 13.2. The third-order valence-corrected chi connectivity index (χ3v) is 7.45. The molecule has 0 aliphatic carbocycles. The first-order valence-corrected chi connectivity index (χ1v) is 14.5. The maximum Gasteiger partial charge on any atom is 0.254 e. The summed E-state index contributed by atoms with van der Waals surface area (Å²) in [6, 6.07) is 17.2. The first-order valence-electron chi connectivity index (χ1n) is 14.5. The van der Waals surface area contributed by atoms with Gasteiger partial charge in [0.1, 0.15) is 17.6 Å². The summed E-state index contributed by atoms with van der Waals surface area (Å²) in [5, 5.41) is 4.28. The van der Waals surface area contributed by atoms with E-state index in [1.165, 1.54) is 0 Å². The molecule has 9 heteroatoms. The van der Waals surface area contributed by atoms with Crippen LogP contribution in [0.2, 0.25) is 0 Å². The molecule has 0 spiro atoms. The van der Waals surface area contributed by atoms with Gasteiger partial charge in [-0.1, -0.05) is 17.0 Å². The molecule has 2 aromatic heterocycles. The molecule has 2 saturated heterocycles. The third-order valence-electron chi connectivity index (χ3n) is 7.45. The molecule has 2 atom stereocenters. The monoisotopic (exact) mass is 566 g/mol. The van der Waals surface area contributed by atoms with E-state index in [0.717, 1.165) is 54.1 Å². The highest BCUT2D eigenvalue weighted by molar-refractivity contribution is 5.94. The highest BCUT2D eigenvalue weighted by Gasteiger charge is 2.22. The lowest BCUT2D eigenvalue weighted by Gasteiger charge is -2.26. The van der Waals surface area contributed by atoms with E-state index in [9.17, 15) is 4.79 Å². The van der Waals surface area contributed by atoms with E-state index in [-0.39, 0.29) is 18.3 Å². The number of amides is 1. The van der Waals surface area contributed by atoms with Crippen molar-refractivity contribution < 1.29 is 23.5 Å². The van der Waals surface area contributed by atoms with E-state index in [0.29, 0.717) is 44.2 Å². The van der Waals surface area contributed by atoms with Gasteiger partial charge < -0.3 is 28.2 Å². The van der Waals surface area contributed by atoms with E-state index < -0.39 is 0 Å². The summed E-state index contributed by atoms with van der Waals surface area (Å²) in [7, 11) is 0. The largest absolute Gasteiger partial charge is 0.378 e. The molecule has 42 heavy (non-hydrogen) atoms. The van der Waals surface area contributed by atoms with Gasteiger partial charge >= 0.3 is 0 Å². The van der Waals surface area contributed by atoms with E-state index in [1.807, 2.05) is 77.2 Å². The molecule has 2 aromatic carbocycles. The van der Waals surface area contributed by atoms with Crippen LogP contribution in [0.1, 0.15) is 65.3 Å². The molecule has 6 rings (SSSR count). The lowest BCUT2D eigenvalue weighted by atomic mass is 10.1. The van der Waals surface area contributed by atoms with E-state index in [1.54, 1.807) is 6.20 Å². The highest BCUT2D eigenvalue weighted by atomic mass is 16.7. The Hall–Kier alpha value is -4.23. The van der Waals surface area contributed by atoms with Crippen LogP contribution in [0.4, 0.5) is 0 Å². The molecule has 9 nitrogen and oxygen atoms in total. The Morgan fingerprint density at radius 1 is 1.02 bits per heavy atom. The number of morpholine rings is 1. The number of hydrogen-bond donors (Lipinski definition) is 0. The number of hydrogen-bond acceptors (Lipinski definition) is 7. The Kier molecular flexibility index (Phi) is 8.75. The average Bonchev–Trinajstić information content (AvgIpc) is 3.71. The number of nitrogens with zero attached hydrogens (tertiary/aromatic N) is 4. The molecule has 2 aliphatic rings. The first kappa shape index (κ1) is 27.9. The number of ether oxygens (including phenoxy) is 3. The van der Waals surface area contributed by atoms with Crippen molar-refractivity contribution in [3.8, 4) is 23.2 Å². The Balaban J connectivity index is 1.06. The van der Waals surface area contributed by atoms with Gasteiger partial charge in [0.15, 0.2) is 12.1 Å². The Bertz CT molecular complexity index is 1540. The van der Waals surface area contributed by atoms with Crippen molar-refractivity contribution in [3.05, 3.63) is 95.2 Å². The Labute approximate surface area is 245 Å². The molecule has 1 amide bonds. The van der Waals surface area contributed by atoms with Gasteiger partial charge in [-0.25, -0.2) is 4.98 Å². The van der Waals surface area contributed by atoms with Gasteiger partial charge in [0.2, 0.25) is 0 Å². The lowest BCUT2D eigenvalue weighted by Crippen LogP contribution is -2.40. The summed E-state index contributed by atoms with van der Waals surface area (Å²) in [6.45, 7) is 5.70. The third kappa shape index (κ3) is 6.80. The summed E-state index contributed by atoms with van der Waals surface area (Å²) < 4.78 is 24.8. The minimum atomic E-state index is -0.196. The molecular weight excluding hydrogens is 532 g/mol. The summed E-state index contributed by atoms with van der Waals surface area (Å²) in [6.07, 6.45) is 6.44. The highest BCUT2D eigenvalue weighted by Crippen LogP contribution is 2.25. The maximum absolute atomic E-state index is 12.6. The second-order valence-corrected chi connectivity index (χ2v) is 10.5. The van der Waals surface area contributed by atoms with Crippen LogP contribution in [0.15, 0.2) is 71.5 Å². The van der Waals surface area contributed by atoms with Gasteiger partial charge in [-0.3, -0.25) is 4.79 Å². The fraction of sp³-hybridized carbons (Fsp3) is 0.364. The minimum absolute atomic E-state index is 0.0303. The smallest absolute Gasteiger partial charge is 0.254 e. The number of carbonyl (C=O) groups is 1. The van der Waals surface area contributed by atoms with Gasteiger partial charge in [0.25, 0.3) is 5.91 Å². The van der Waals surface area contributed by atoms with E-state index in [4.69, 9.17) is 18.7 Å². The van der Waals surface area contributed by atoms with Crippen LogP contribution in [0.25, 0.3) is 11.3 Å². The van der Waals surface area contributed by atoms with Gasteiger partial charge in [-0.15, -0.1) is 0 Å². The van der Waals surface area contributed by atoms with Crippen LogP contribution in [-0.2, 0) is 20.8 Å². The van der Waals surface area contributed by atoms with Gasteiger partial charge in [0.05, 0.1) is 19.8 Å². The molecule has 216 valence electrons. The second-order valence-electron chi connectivity index (χ2n) is 10.5. The Morgan fingerprint density at radius 2 is 1.76 bits per heavy atom. The number of aromatic nitrogens is 3. The van der Waals surface area contributed by atoms with Crippen LogP contribution in [0, 0.1) is 11.8 Å². The molecule has 0 bridgehead atoms. The molecule has 4 aromatic rings. The molecule has 0 radical (unpaired) electrons. The molecular formula is C33H34N4O5. The maximum atomic E-state index is 12.6. The van der Waals surface area contributed by atoms with Crippen molar-refractivity contribution in [3.63, 3.8) is 0 Å². The first-order chi connectivity index (χ1) is 20.6. The molecule has 0 N–H and O–H groups in total. The number of rotatable bonds is 7. The molecule has 2 aliphatic heterocycles. The SMILES string of the molecule is C[C@H](OC1CCCCO1)c1nccn1Cc1cc(-c2ccc(C#Cc3ccc(C(=O)N4CCOCC4)cc3)cc2)on1. The lowest BCUT2D eigenvalue weighted by molar-refractivity contribution is -0.188. The van der Waals surface area contributed by atoms with Crippen molar-refractivity contribution in [2.75, 3.05) is 32.9 Å². The van der Waals surface area contributed by atoms with Gasteiger partial charge in [-0.05, 0) is 74.7 Å². The van der Waals surface area contributed by atoms with E-state index >= 15 is 0 Å². The summed E-state index contributed by atoms with van der Waals surface area (Å²) in [4.78, 5) is 19.0. The number of imidazole rings is 1. The van der Waals surface area contributed by atoms with Gasteiger partial charge in [-0.2, -0.15) is 0 Å². The number of benzene rings is 2. The minimum Gasteiger partial charge on any atom is -0.378 e. The van der Waals surface area contributed by atoms with E-state index in [2.05, 4.69) is 22.0 Å². The zero-order valence-electron chi connectivity index (χ0n) is 23.7. The summed E-state index contributed by atoms with van der Waals surface area (Å²) in [5.41, 5.74) is 4.11. The molecule has 4 heterocycles. The predicted octanol–water partition coefficient (Wildman–Crippen LogP) is 5.06. The molecule has 0 saturated carbocycles. The topological polar surface area (TPSA) is 91.9 Å². The van der Waals surface area contributed by atoms with Crippen LogP contribution >= 0.6 is 0 Å². The zero-order chi connectivity index (χ0) is 28.7. The summed E-state index contributed by atoms with van der Waals surface area (Å²) >= 11 is 0. The molecule has 2 fully saturated rings. The van der Waals surface area contributed by atoms with Crippen molar-refractivity contribution in [1.82, 2.24) is 19.6 Å². The van der Waals surface area contributed by atoms with Crippen molar-refractivity contribution in [2.24, 2.45) is 0 Å². The van der Waals surface area contributed by atoms with Crippen molar-refractivity contribution in [1.29, 1.82) is 0 Å². The van der Waals surface area contributed by atoms with Crippen LogP contribution < -0.4 is 0 Å². The van der Waals surface area contributed by atoms with Crippen molar-refractivity contribution in [2.45, 2.75) is 45.1 Å². The quantitative estimate of drug-likeness (QED) is 0.289. The van der Waals surface area contributed by atoms with Crippen molar-refractivity contribution >= 4 is 5.91 Å². The number of carbonyl (C=O) groups excluding carboxylic acids is 1. The summed E-state index contributed by atoms with van der Waals surface area (Å²) in [5.74, 6) is 7.92. The molecule has 1 unspecified atom stereocenters. The van der Waals surface area contributed by atoms with Crippen LogP contribution in [0.5, 0.6) is 0 Å².